The number of ether oxygens (including phenoxy) is 1. The van der Waals surface area contributed by atoms with Crippen LogP contribution in [-0.2, 0) is 9.53 Å². The van der Waals surface area contributed by atoms with E-state index in [0.29, 0.717) is 5.57 Å². The van der Waals surface area contributed by atoms with Crippen LogP contribution in [0.3, 0.4) is 0 Å². The second kappa shape index (κ2) is 8.24. The number of amides is 1. The summed E-state index contributed by atoms with van der Waals surface area (Å²) in [7, 11) is 3.19. The summed E-state index contributed by atoms with van der Waals surface area (Å²) in [6.07, 6.45) is 6.33. The molecule has 0 aliphatic carbocycles. The second-order valence-electron chi connectivity index (χ2n) is 3.27. The van der Waals surface area contributed by atoms with Gasteiger partial charge in [-0.25, -0.2) is 0 Å². The van der Waals surface area contributed by atoms with Gasteiger partial charge in [0, 0.05) is 19.7 Å². The van der Waals surface area contributed by atoms with Gasteiger partial charge in [0.15, 0.2) is 0 Å². The lowest BCUT2D eigenvalue weighted by Gasteiger charge is -2.14. The molecule has 0 rings (SSSR count). The molecule has 1 atom stereocenters. The van der Waals surface area contributed by atoms with Crippen molar-refractivity contribution < 1.29 is 9.53 Å². The van der Waals surface area contributed by atoms with Gasteiger partial charge in [-0.05, 0) is 6.42 Å². The molecule has 0 aliphatic rings. The third kappa shape index (κ3) is 4.79. The van der Waals surface area contributed by atoms with E-state index in [1.54, 1.807) is 20.2 Å². The first-order chi connectivity index (χ1) is 7.21. The average Bonchev–Trinajstić information content (AvgIpc) is 2.27. The van der Waals surface area contributed by atoms with Crippen molar-refractivity contribution in [2.75, 3.05) is 14.2 Å². The Hall–Kier alpha value is -1.09. The fourth-order valence-corrected chi connectivity index (χ4v) is 1.29. The summed E-state index contributed by atoms with van der Waals surface area (Å²) in [4.78, 5) is 11.6. The van der Waals surface area contributed by atoms with E-state index in [9.17, 15) is 4.79 Å². The average molecular weight is 211 g/mol. The van der Waals surface area contributed by atoms with Crippen molar-refractivity contribution in [2.24, 2.45) is 0 Å². The Balaban J connectivity index is 4.62. The van der Waals surface area contributed by atoms with Crippen LogP contribution in [0, 0.1) is 0 Å². The maximum absolute atomic E-state index is 11.6. The van der Waals surface area contributed by atoms with Gasteiger partial charge in [-0.2, -0.15) is 0 Å². The summed E-state index contributed by atoms with van der Waals surface area (Å²) in [6, 6.07) is 0. The third-order valence-electron chi connectivity index (χ3n) is 2.19. The van der Waals surface area contributed by atoms with E-state index in [0.717, 1.165) is 19.3 Å². The summed E-state index contributed by atoms with van der Waals surface area (Å²) in [5.41, 5.74) is 0.642. The number of hydrogen-bond donors (Lipinski definition) is 1. The number of carbonyl (C=O) groups excluding carboxylic acids is 1. The van der Waals surface area contributed by atoms with Crippen molar-refractivity contribution in [2.45, 2.75) is 32.3 Å². The van der Waals surface area contributed by atoms with Gasteiger partial charge >= 0.3 is 0 Å². The minimum Gasteiger partial charge on any atom is -0.372 e. The lowest BCUT2D eigenvalue weighted by Crippen LogP contribution is -2.27. The van der Waals surface area contributed by atoms with Gasteiger partial charge in [-0.15, -0.1) is 6.58 Å². The highest BCUT2D eigenvalue weighted by Gasteiger charge is 2.15. The molecular weight excluding hydrogens is 190 g/mol. The van der Waals surface area contributed by atoms with Crippen molar-refractivity contribution in [1.29, 1.82) is 0 Å². The maximum atomic E-state index is 11.6. The van der Waals surface area contributed by atoms with Gasteiger partial charge < -0.3 is 10.1 Å². The van der Waals surface area contributed by atoms with Gasteiger partial charge in [0.25, 0.3) is 0 Å². The Kier molecular flexibility index (Phi) is 7.64. The third-order valence-corrected chi connectivity index (χ3v) is 2.19. The van der Waals surface area contributed by atoms with Crippen molar-refractivity contribution in [3.63, 3.8) is 0 Å². The van der Waals surface area contributed by atoms with Gasteiger partial charge in [0.05, 0.1) is 0 Å². The first-order valence-corrected chi connectivity index (χ1v) is 5.28. The maximum Gasteiger partial charge on any atom is 0.249 e. The van der Waals surface area contributed by atoms with Crippen LogP contribution >= 0.6 is 0 Å². The van der Waals surface area contributed by atoms with Gasteiger partial charge in [0.1, 0.15) is 6.10 Å². The van der Waals surface area contributed by atoms with Crippen LogP contribution in [0.4, 0.5) is 0 Å². The summed E-state index contributed by atoms with van der Waals surface area (Å²) in [5.74, 6) is -0.0992. The minimum atomic E-state index is -0.318. The van der Waals surface area contributed by atoms with E-state index in [4.69, 9.17) is 4.74 Å². The first-order valence-electron chi connectivity index (χ1n) is 5.28. The Labute approximate surface area is 92.2 Å². The van der Waals surface area contributed by atoms with Crippen LogP contribution in [0.25, 0.3) is 0 Å². The Morgan fingerprint density at radius 3 is 2.67 bits per heavy atom. The fourth-order valence-electron chi connectivity index (χ4n) is 1.29. The highest BCUT2D eigenvalue weighted by molar-refractivity contribution is 5.94. The molecule has 0 aromatic rings. The normalized spacial score (nSPS) is 13.4. The van der Waals surface area contributed by atoms with Crippen LogP contribution in [0.1, 0.15) is 26.2 Å². The van der Waals surface area contributed by atoms with Gasteiger partial charge in [-0.1, -0.05) is 31.9 Å². The van der Waals surface area contributed by atoms with E-state index < -0.39 is 0 Å². The SMILES string of the molecule is C=CC(OC)/C(=C\CCCC)C(=O)NC. The van der Waals surface area contributed by atoms with Gasteiger partial charge in [0.2, 0.25) is 5.91 Å². The summed E-state index contributed by atoms with van der Waals surface area (Å²) < 4.78 is 5.17. The molecule has 3 nitrogen and oxygen atoms in total. The van der Waals surface area contributed by atoms with E-state index in [-0.39, 0.29) is 12.0 Å². The number of unbranched alkanes of at least 4 members (excludes halogenated alkanes) is 2. The largest absolute Gasteiger partial charge is 0.372 e. The second-order valence-corrected chi connectivity index (χ2v) is 3.27. The van der Waals surface area contributed by atoms with Gasteiger partial charge in [-0.3, -0.25) is 4.79 Å². The quantitative estimate of drug-likeness (QED) is 0.397. The lowest BCUT2D eigenvalue weighted by molar-refractivity contribution is -0.118. The summed E-state index contributed by atoms with van der Waals surface area (Å²) in [6.45, 7) is 5.77. The standard InChI is InChI=1S/C12H21NO2/c1-5-7-8-9-10(12(14)13-3)11(6-2)15-4/h6,9,11H,2,5,7-8H2,1,3-4H3,(H,13,14)/b10-9+. The highest BCUT2D eigenvalue weighted by atomic mass is 16.5. The topological polar surface area (TPSA) is 38.3 Å². The Morgan fingerprint density at radius 1 is 1.60 bits per heavy atom. The Morgan fingerprint density at radius 2 is 2.27 bits per heavy atom. The molecule has 15 heavy (non-hydrogen) atoms. The number of methoxy groups -OCH3 is 1. The molecule has 1 N–H and O–H groups in total. The number of carbonyl (C=O) groups is 1. The molecule has 1 unspecified atom stereocenters. The number of nitrogens with one attached hydrogen (secondary N) is 1. The molecule has 0 aromatic carbocycles. The predicted molar refractivity (Wildman–Crippen MR) is 62.7 cm³/mol. The van der Waals surface area contributed by atoms with E-state index in [1.807, 2.05) is 6.08 Å². The molecule has 0 radical (unpaired) electrons. The molecule has 0 saturated carbocycles. The highest BCUT2D eigenvalue weighted by Crippen LogP contribution is 2.10. The van der Waals surface area contributed by atoms with Crippen LogP contribution in [0.15, 0.2) is 24.3 Å². The zero-order valence-corrected chi connectivity index (χ0v) is 9.88. The molecule has 1 amide bonds. The van der Waals surface area contributed by atoms with Crippen LogP contribution in [-0.4, -0.2) is 26.2 Å². The van der Waals surface area contributed by atoms with E-state index in [2.05, 4.69) is 18.8 Å². The predicted octanol–water partition coefficient (Wildman–Crippen LogP) is 2.05. The molecule has 0 bridgehead atoms. The minimum absolute atomic E-state index is 0.0992. The molecule has 3 heteroatoms. The van der Waals surface area contributed by atoms with Crippen LogP contribution < -0.4 is 5.32 Å². The van der Waals surface area contributed by atoms with Crippen LogP contribution in [0.5, 0.6) is 0 Å². The molecule has 86 valence electrons. The monoisotopic (exact) mass is 211 g/mol. The molecular formula is C12H21NO2. The number of hydrogen-bond acceptors (Lipinski definition) is 2. The summed E-state index contributed by atoms with van der Waals surface area (Å²) >= 11 is 0. The summed E-state index contributed by atoms with van der Waals surface area (Å²) in [5, 5.41) is 2.61. The molecule has 0 spiro atoms. The van der Waals surface area contributed by atoms with E-state index in [1.165, 1.54) is 0 Å². The van der Waals surface area contributed by atoms with Crippen molar-refractivity contribution >= 4 is 5.91 Å². The zero-order valence-electron chi connectivity index (χ0n) is 9.88. The van der Waals surface area contributed by atoms with Crippen molar-refractivity contribution in [1.82, 2.24) is 5.32 Å². The van der Waals surface area contributed by atoms with Crippen LogP contribution in [0.2, 0.25) is 0 Å². The molecule has 0 aliphatic heterocycles. The molecule has 0 aromatic heterocycles. The molecule has 0 fully saturated rings. The molecule has 0 saturated heterocycles. The smallest absolute Gasteiger partial charge is 0.249 e. The molecule has 0 heterocycles. The van der Waals surface area contributed by atoms with Crippen molar-refractivity contribution in [3.05, 3.63) is 24.3 Å². The number of likely N-dealkylation sites (N-methyl/N-ethyl adjacent to an activating group) is 1. The number of rotatable bonds is 7. The lowest BCUT2D eigenvalue weighted by atomic mass is 10.1. The zero-order chi connectivity index (χ0) is 11.7. The Bertz CT molecular complexity index is 234. The van der Waals surface area contributed by atoms with Crippen molar-refractivity contribution in [3.8, 4) is 0 Å². The first kappa shape index (κ1) is 13.9. The van der Waals surface area contributed by atoms with E-state index >= 15 is 0 Å². The number of allylic oxidation sites excluding steroid dienone is 1. The fraction of sp³-hybridized carbons (Fsp3) is 0.583.